The van der Waals surface area contributed by atoms with Crippen LogP contribution in [0.4, 0.5) is 0 Å². The highest BCUT2D eigenvalue weighted by molar-refractivity contribution is 7.17. The summed E-state index contributed by atoms with van der Waals surface area (Å²) in [6.45, 7) is 2.03. The van der Waals surface area contributed by atoms with E-state index in [1.54, 1.807) is 11.3 Å². The first kappa shape index (κ1) is 8.35. The van der Waals surface area contributed by atoms with Crippen LogP contribution in [0.25, 0.3) is 4.96 Å². The van der Waals surface area contributed by atoms with Crippen molar-refractivity contribution in [2.45, 2.75) is 12.8 Å². The molecule has 0 unspecified atom stereocenters. The molecule has 12 heavy (non-hydrogen) atoms. The van der Waals surface area contributed by atoms with E-state index in [4.69, 9.17) is 23.2 Å². The number of halogens is 2. The lowest BCUT2D eigenvalue weighted by Crippen LogP contribution is -1.84. The molecule has 0 spiro atoms. The van der Waals surface area contributed by atoms with Gasteiger partial charge in [-0.05, 0) is 6.92 Å². The van der Waals surface area contributed by atoms with Crippen LogP contribution in [0, 0.1) is 6.92 Å². The molecule has 2 heterocycles. The van der Waals surface area contributed by atoms with Crippen molar-refractivity contribution in [2.24, 2.45) is 0 Å². The number of aryl methyl sites for hydroxylation is 1. The normalized spacial score (nSPS) is 11.2. The number of aromatic nitrogens is 2. The summed E-state index contributed by atoms with van der Waals surface area (Å²) in [5, 5.41) is 0.510. The Kier molecular flexibility index (Phi) is 2.02. The van der Waals surface area contributed by atoms with Crippen molar-refractivity contribution in [2.75, 3.05) is 0 Å². The first-order valence-corrected chi connectivity index (χ1v) is 5.14. The maximum Gasteiger partial charge on any atom is 0.195 e. The second-order valence-electron chi connectivity index (χ2n) is 2.48. The highest BCUT2D eigenvalue weighted by Gasteiger charge is 2.10. The maximum absolute atomic E-state index is 5.85. The zero-order chi connectivity index (χ0) is 8.72. The van der Waals surface area contributed by atoms with Gasteiger partial charge in [0.2, 0.25) is 0 Å². The Morgan fingerprint density at radius 2 is 2.42 bits per heavy atom. The topological polar surface area (TPSA) is 17.3 Å². The molecule has 2 nitrogen and oxygen atoms in total. The van der Waals surface area contributed by atoms with E-state index in [1.807, 2.05) is 17.5 Å². The summed E-state index contributed by atoms with van der Waals surface area (Å²) in [6.07, 6.45) is 2.00. The smallest absolute Gasteiger partial charge is 0.195 e. The number of rotatable bonds is 1. The monoisotopic (exact) mass is 220 g/mol. The lowest BCUT2D eigenvalue weighted by molar-refractivity contribution is 1.11. The second-order valence-corrected chi connectivity index (χ2v) is 4.32. The Balaban J connectivity index is 2.78. The minimum absolute atomic E-state index is 0.399. The van der Waals surface area contributed by atoms with Gasteiger partial charge in [-0.3, -0.25) is 4.40 Å². The Morgan fingerprint density at radius 3 is 3.08 bits per heavy atom. The van der Waals surface area contributed by atoms with Gasteiger partial charge in [0.1, 0.15) is 0 Å². The number of hydrogen-bond donors (Lipinski definition) is 0. The Bertz CT molecular complexity index is 418. The fourth-order valence-electron chi connectivity index (χ4n) is 1.09. The molecule has 0 saturated carbocycles. The van der Waals surface area contributed by atoms with Gasteiger partial charge in [0.25, 0.3) is 0 Å². The largest absolute Gasteiger partial charge is 0.292 e. The number of nitrogens with zero attached hydrogens (tertiary/aromatic N) is 2. The quantitative estimate of drug-likeness (QED) is 0.676. The SMILES string of the molecule is Cc1cn2c(CCl)c(Cl)nc2s1. The highest BCUT2D eigenvalue weighted by Crippen LogP contribution is 2.24. The molecule has 5 heteroatoms. The number of fused-ring (bicyclic) bond motifs is 1. The van der Waals surface area contributed by atoms with Gasteiger partial charge in [-0.1, -0.05) is 11.6 Å². The molecule has 64 valence electrons. The molecule has 0 atom stereocenters. The van der Waals surface area contributed by atoms with Gasteiger partial charge in [-0.15, -0.1) is 22.9 Å². The van der Waals surface area contributed by atoms with Crippen molar-refractivity contribution in [1.82, 2.24) is 9.38 Å². The first-order valence-electron chi connectivity index (χ1n) is 3.41. The summed E-state index contributed by atoms with van der Waals surface area (Å²) >= 11 is 13.2. The Hall–Kier alpha value is -0.250. The van der Waals surface area contributed by atoms with Crippen LogP contribution in [0.2, 0.25) is 5.15 Å². The van der Waals surface area contributed by atoms with Crippen LogP contribution in [0.5, 0.6) is 0 Å². The van der Waals surface area contributed by atoms with E-state index < -0.39 is 0 Å². The standard InChI is InChI=1S/C7H6Cl2N2S/c1-4-3-11-5(2-8)6(9)10-7(11)12-4/h3H,2H2,1H3. The van der Waals surface area contributed by atoms with Gasteiger partial charge in [-0.2, -0.15) is 0 Å². The lowest BCUT2D eigenvalue weighted by atomic mass is 10.5. The maximum atomic E-state index is 5.85. The van der Waals surface area contributed by atoms with Crippen molar-refractivity contribution >= 4 is 39.5 Å². The van der Waals surface area contributed by atoms with E-state index in [1.165, 1.54) is 4.88 Å². The van der Waals surface area contributed by atoms with E-state index in [9.17, 15) is 0 Å². The van der Waals surface area contributed by atoms with Crippen LogP contribution < -0.4 is 0 Å². The molecule has 0 aliphatic heterocycles. The second kappa shape index (κ2) is 2.91. The van der Waals surface area contributed by atoms with Crippen molar-refractivity contribution in [1.29, 1.82) is 0 Å². The van der Waals surface area contributed by atoms with Gasteiger partial charge in [0.15, 0.2) is 10.1 Å². The molecule has 0 aliphatic carbocycles. The number of thiazole rings is 1. The number of imidazole rings is 1. The van der Waals surface area contributed by atoms with E-state index in [-0.39, 0.29) is 0 Å². The van der Waals surface area contributed by atoms with Crippen molar-refractivity contribution in [3.8, 4) is 0 Å². The molecule has 0 N–H and O–H groups in total. The van der Waals surface area contributed by atoms with Crippen LogP contribution >= 0.6 is 34.5 Å². The van der Waals surface area contributed by atoms with Gasteiger partial charge in [-0.25, -0.2) is 4.98 Å². The third-order valence-electron chi connectivity index (χ3n) is 1.62. The highest BCUT2D eigenvalue weighted by atomic mass is 35.5. The van der Waals surface area contributed by atoms with Crippen molar-refractivity contribution in [3.05, 3.63) is 21.9 Å². The Labute approximate surface area is 83.7 Å². The zero-order valence-corrected chi connectivity index (χ0v) is 8.67. The third-order valence-corrected chi connectivity index (χ3v) is 3.07. The third kappa shape index (κ3) is 1.13. The summed E-state index contributed by atoms with van der Waals surface area (Å²) < 4.78 is 1.94. The molecule has 0 saturated heterocycles. The van der Waals surface area contributed by atoms with Crippen LogP contribution in [-0.2, 0) is 5.88 Å². The van der Waals surface area contributed by atoms with E-state index in [0.29, 0.717) is 11.0 Å². The van der Waals surface area contributed by atoms with Crippen LogP contribution in [0.15, 0.2) is 6.20 Å². The van der Waals surface area contributed by atoms with Crippen LogP contribution in [-0.4, -0.2) is 9.38 Å². The number of hydrogen-bond acceptors (Lipinski definition) is 2. The molecule has 0 amide bonds. The van der Waals surface area contributed by atoms with Crippen LogP contribution in [0.1, 0.15) is 10.6 Å². The Morgan fingerprint density at radius 1 is 1.67 bits per heavy atom. The molecular weight excluding hydrogens is 215 g/mol. The van der Waals surface area contributed by atoms with E-state index in [2.05, 4.69) is 4.98 Å². The lowest BCUT2D eigenvalue weighted by Gasteiger charge is -1.90. The summed E-state index contributed by atoms with van der Waals surface area (Å²) in [5.41, 5.74) is 0.873. The summed E-state index contributed by atoms with van der Waals surface area (Å²) in [4.78, 5) is 6.29. The fraction of sp³-hybridized carbons (Fsp3) is 0.286. The fourth-order valence-corrected chi connectivity index (χ4v) is 2.55. The predicted octanol–water partition coefficient (Wildman–Crippen LogP) is 3.10. The number of alkyl halides is 1. The average molecular weight is 221 g/mol. The van der Waals surface area contributed by atoms with E-state index in [0.717, 1.165) is 10.7 Å². The predicted molar refractivity (Wildman–Crippen MR) is 52.4 cm³/mol. The van der Waals surface area contributed by atoms with Gasteiger partial charge < -0.3 is 0 Å². The molecule has 0 aliphatic rings. The van der Waals surface area contributed by atoms with Crippen LogP contribution in [0.3, 0.4) is 0 Å². The summed E-state index contributed by atoms with van der Waals surface area (Å²) in [5.74, 6) is 0.399. The molecule has 2 aromatic rings. The minimum atomic E-state index is 0.399. The summed E-state index contributed by atoms with van der Waals surface area (Å²) in [7, 11) is 0. The van der Waals surface area contributed by atoms with Crippen molar-refractivity contribution < 1.29 is 0 Å². The molecule has 2 aromatic heterocycles. The van der Waals surface area contributed by atoms with Gasteiger partial charge in [0, 0.05) is 11.1 Å². The minimum Gasteiger partial charge on any atom is -0.292 e. The molecule has 2 rings (SSSR count). The van der Waals surface area contributed by atoms with Gasteiger partial charge >= 0.3 is 0 Å². The van der Waals surface area contributed by atoms with E-state index >= 15 is 0 Å². The molecular formula is C7H6Cl2N2S. The molecule has 0 bridgehead atoms. The average Bonchev–Trinajstić information content (AvgIpc) is 2.43. The molecule has 0 radical (unpaired) electrons. The first-order chi connectivity index (χ1) is 5.72. The summed E-state index contributed by atoms with van der Waals surface area (Å²) in [6, 6.07) is 0. The van der Waals surface area contributed by atoms with Crippen molar-refractivity contribution in [3.63, 3.8) is 0 Å². The zero-order valence-electron chi connectivity index (χ0n) is 6.34. The van der Waals surface area contributed by atoms with Gasteiger partial charge in [0.05, 0.1) is 11.6 Å². The molecule has 0 fully saturated rings. The molecule has 0 aromatic carbocycles.